The Hall–Kier alpha value is -1.59. The normalized spacial score (nSPS) is 18.0. The number of hydrogen-bond acceptors (Lipinski definition) is 2. The molecule has 6 heteroatoms. The van der Waals surface area contributed by atoms with Gasteiger partial charge in [0.2, 0.25) is 0 Å². The lowest BCUT2D eigenvalue weighted by atomic mass is 10.2. The van der Waals surface area contributed by atoms with Gasteiger partial charge in [0.15, 0.2) is 0 Å². The number of carbonyl (C=O) groups excluding carboxylic acids is 1. The van der Waals surface area contributed by atoms with Gasteiger partial charge in [-0.3, -0.25) is 4.79 Å². The highest BCUT2D eigenvalue weighted by atomic mass is 19.1. The minimum Gasteiger partial charge on any atom is -0.480 e. The fourth-order valence-corrected chi connectivity index (χ4v) is 1.21. The van der Waals surface area contributed by atoms with Crippen molar-refractivity contribution in [2.24, 2.45) is 0 Å². The zero-order valence-electron chi connectivity index (χ0n) is 8.36. The van der Waals surface area contributed by atoms with Crippen LogP contribution in [0.1, 0.15) is 13.3 Å². The first-order valence-electron chi connectivity index (χ1n) is 4.63. The highest BCUT2D eigenvalue weighted by molar-refractivity contribution is 5.82. The molecule has 0 spiro atoms. The van der Waals surface area contributed by atoms with E-state index in [2.05, 4.69) is 5.32 Å². The summed E-state index contributed by atoms with van der Waals surface area (Å²) in [5.41, 5.74) is 0. The average molecular weight is 216 g/mol. The van der Waals surface area contributed by atoms with E-state index in [0.29, 0.717) is 13.0 Å². The Labute approximate surface area is 86.6 Å². The van der Waals surface area contributed by atoms with Gasteiger partial charge in [-0.05, 0) is 19.4 Å². The lowest BCUT2D eigenvalue weighted by Gasteiger charge is -2.25. The van der Waals surface area contributed by atoms with E-state index in [0.717, 1.165) is 0 Å². The van der Waals surface area contributed by atoms with Crippen LogP contribution in [-0.4, -0.2) is 41.1 Å². The minimum atomic E-state index is -1.11. The first kappa shape index (κ1) is 11.5. The zero-order chi connectivity index (χ0) is 11.4. The highest BCUT2D eigenvalue weighted by Crippen LogP contribution is 2.10. The first-order chi connectivity index (χ1) is 7.00. The third-order valence-electron chi connectivity index (χ3n) is 2.10. The number of carbonyl (C=O) groups is 2. The highest BCUT2D eigenvalue weighted by Gasteiger charge is 2.21. The van der Waals surface area contributed by atoms with Crippen LogP contribution in [-0.2, 0) is 4.79 Å². The lowest BCUT2D eigenvalue weighted by molar-refractivity contribution is -0.138. The van der Waals surface area contributed by atoms with Gasteiger partial charge in [-0.25, -0.2) is 9.18 Å². The summed E-state index contributed by atoms with van der Waals surface area (Å²) in [6.45, 7) is 1.68. The Balaban J connectivity index is 2.47. The first-order valence-corrected chi connectivity index (χ1v) is 4.63. The van der Waals surface area contributed by atoms with Crippen molar-refractivity contribution in [2.45, 2.75) is 19.4 Å². The number of halogens is 1. The van der Waals surface area contributed by atoms with Crippen molar-refractivity contribution in [3.8, 4) is 0 Å². The topological polar surface area (TPSA) is 69.6 Å². The molecule has 1 heterocycles. The number of carboxylic acid groups (broad SMARTS) is 1. The predicted molar refractivity (Wildman–Crippen MR) is 51.0 cm³/mol. The number of nitrogens with zero attached hydrogens (tertiary/aromatic N) is 1. The van der Waals surface area contributed by atoms with Gasteiger partial charge in [-0.15, -0.1) is 0 Å². The van der Waals surface area contributed by atoms with Crippen LogP contribution < -0.4 is 5.32 Å². The minimum absolute atomic E-state index is 0.0851. The molecule has 0 bridgehead atoms. The molecule has 0 saturated carbocycles. The molecule has 0 aromatic heterocycles. The van der Waals surface area contributed by atoms with Gasteiger partial charge in [0.1, 0.15) is 11.9 Å². The van der Waals surface area contributed by atoms with Crippen molar-refractivity contribution >= 4 is 12.0 Å². The summed E-state index contributed by atoms with van der Waals surface area (Å²) in [5, 5.41) is 10.8. The number of hydrogen-bond donors (Lipinski definition) is 2. The van der Waals surface area contributed by atoms with Crippen molar-refractivity contribution in [1.82, 2.24) is 10.2 Å². The van der Waals surface area contributed by atoms with E-state index in [4.69, 9.17) is 5.11 Å². The number of urea groups is 1. The summed E-state index contributed by atoms with van der Waals surface area (Å²) in [5.74, 6) is -1.48. The van der Waals surface area contributed by atoms with Crippen LogP contribution in [0.3, 0.4) is 0 Å². The molecule has 0 aromatic carbocycles. The maximum atomic E-state index is 12.8. The van der Waals surface area contributed by atoms with Crippen LogP contribution >= 0.6 is 0 Å². The largest absolute Gasteiger partial charge is 0.480 e. The van der Waals surface area contributed by atoms with Crippen LogP contribution in [0.4, 0.5) is 9.18 Å². The summed E-state index contributed by atoms with van der Waals surface area (Å²) >= 11 is 0. The van der Waals surface area contributed by atoms with Crippen LogP contribution in [0.25, 0.3) is 0 Å². The van der Waals surface area contributed by atoms with E-state index in [9.17, 15) is 14.0 Å². The van der Waals surface area contributed by atoms with E-state index >= 15 is 0 Å². The van der Waals surface area contributed by atoms with Gasteiger partial charge >= 0.3 is 12.0 Å². The van der Waals surface area contributed by atoms with E-state index in [-0.39, 0.29) is 12.4 Å². The van der Waals surface area contributed by atoms with Gasteiger partial charge < -0.3 is 15.3 Å². The van der Waals surface area contributed by atoms with Crippen molar-refractivity contribution in [3.63, 3.8) is 0 Å². The van der Waals surface area contributed by atoms with Gasteiger partial charge in [0, 0.05) is 6.54 Å². The van der Waals surface area contributed by atoms with E-state index in [1.807, 2.05) is 0 Å². The Bertz CT molecular complexity index is 304. The number of carboxylic acids is 1. The summed E-state index contributed by atoms with van der Waals surface area (Å²) in [6.07, 6.45) is 1.88. The SMILES string of the molecule is CC(NC(=O)N1CCC=C(F)C1)C(=O)O. The molecule has 84 valence electrons. The van der Waals surface area contributed by atoms with Gasteiger partial charge in [-0.2, -0.15) is 0 Å². The van der Waals surface area contributed by atoms with Gasteiger partial charge in [0.25, 0.3) is 0 Å². The van der Waals surface area contributed by atoms with Crippen molar-refractivity contribution in [2.75, 3.05) is 13.1 Å². The number of amides is 2. The Morgan fingerprint density at radius 3 is 2.87 bits per heavy atom. The van der Waals surface area contributed by atoms with Crippen molar-refractivity contribution < 1.29 is 19.1 Å². The molecule has 0 fully saturated rings. The third kappa shape index (κ3) is 3.23. The van der Waals surface area contributed by atoms with E-state index < -0.39 is 18.0 Å². The molecule has 1 aliphatic rings. The monoisotopic (exact) mass is 216 g/mol. The molecule has 0 radical (unpaired) electrons. The molecular weight excluding hydrogens is 203 g/mol. The summed E-state index contributed by atoms with van der Waals surface area (Å²) in [7, 11) is 0. The number of aliphatic carboxylic acids is 1. The molecule has 0 aromatic rings. The Morgan fingerprint density at radius 2 is 2.33 bits per heavy atom. The average Bonchev–Trinajstić information content (AvgIpc) is 2.17. The van der Waals surface area contributed by atoms with Crippen molar-refractivity contribution in [1.29, 1.82) is 0 Å². The van der Waals surface area contributed by atoms with Crippen LogP contribution in [0.2, 0.25) is 0 Å². The predicted octanol–water partition coefficient (Wildman–Crippen LogP) is 0.728. The molecule has 2 amide bonds. The van der Waals surface area contributed by atoms with Crippen LogP contribution in [0.5, 0.6) is 0 Å². The molecule has 1 atom stereocenters. The second kappa shape index (κ2) is 4.77. The molecule has 0 aliphatic carbocycles. The third-order valence-corrected chi connectivity index (χ3v) is 2.10. The molecule has 5 nitrogen and oxygen atoms in total. The van der Waals surface area contributed by atoms with E-state index in [1.54, 1.807) is 0 Å². The quantitative estimate of drug-likeness (QED) is 0.714. The van der Waals surface area contributed by atoms with Crippen LogP contribution in [0.15, 0.2) is 11.9 Å². The maximum absolute atomic E-state index is 12.8. The van der Waals surface area contributed by atoms with Gasteiger partial charge in [0.05, 0.1) is 6.54 Å². The fourth-order valence-electron chi connectivity index (χ4n) is 1.21. The molecule has 15 heavy (non-hydrogen) atoms. The zero-order valence-corrected chi connectivity index (χ0v) is 8.36. The second-order valence-electron chi connectivity index (χ2n) is 3.37. The number of rotatable bonds is 2. The fraction of sp³-hybridized carbons (Fsp3) is 0.556. The van der Waals surface area contributed by atoms with Gasteiger partial charge in [-0.1, -0.05) is 0 Å². The molecular formula is C9H13FN2O3. The molecule has 1 rings (SSSR count). The van der Waals surface area contributed by atoms with Crippen molar-refractivity contribution in [3.05, 3.63) is 11.9 Å². The second-order valence-corrected chi connectivity index (χ2v) is 3.37. The Kier molecular flexibility index (Phi) is 3.65. The molecule has 0 saturated heterocycles. The smallest absolute Gasteiger partial charge is 0.325 e. The molecule has 1 unspecified atom stereocenters. The van der Waals surface area contributed by atoms with Crippen LogP contribution in [0, 0.1) is 0 Å². The standard InChI is InChI=1S/C9H13FN2O3/c1-6(8(13)14)11-9(15)12-4-2-3-7(10)5-12/h3,6H,2,4-5H2,1H3,(H,11,15)(H,13,14). The molecule has 1 aliphatic heterocycles. The summed E-state index contributed by atoms with van der Waals surface area (Å²) in [4.78, 5) is 23.1. The van der Waals surface area contributed by atoms with E-state index in [1.165, 1.54) is 17.9 Å². The Morgan fingerprint density at radius 1 is 1.67 bits per heavy atom. The summed E-state index contributed by atoms with van der Waals surface area (Å²) < 4.78 is 12.8. The lowest BCUT2D eigenvalue weighted by Crippen LogP contribution is -2.48. The number of nitrogens with one attached hydrogen (secondary N) is 1. The molecule has 2 N–H and O–H groups in total. The maximum Gasteiger partial charge on any atom is 0.325 e. The summed E-state index contributed by atoms with van der Waals surface area (Å²) in [6, 6.07) is -1.51.